The highest BCUT2D eigenvalue weighted by atomic mass is 16.5. The van der Waals surface area contributed by atoms with Crippen LogP contribution in [0.2, 0.25) is 0 Å². The van der Waals surface area contributed by atoms with E-state index >= 15 is 0 Å². The molecular weight excluding hydrogens is 242 g/mol. The quantitative estimate of drug-likeness (QED) is 0.765. The zero-order chi connectivity index (χ0) is 12.8. The van der Waals surface area contributed by atoms with Gasteiger partial charge in [-0.15, -0.1) is 0 Å². The maximum Gasteiger partial charge on any atom is 0.170 e. The number of pyridine rings is 1. The predicted molar refractivity (Wildman–Crippen MR) is 70.7 cm³/mol. The Morgan fingerprint density at radius 2 is 2.05 bits per heavy atom. The van der Waals surface area contributed by atoms with Crippen molar-refractivity contribution in [3.63, 3.8) is 0 Å². The van der Waals surface area contributed by atoms with E-state index in [9.17, 15) is 4.79 Å². The first-order valence-electron chi connectivity index (χ1n) is 6.68. The molecule has 4 heterocycles. The molecule has 0 radical (unpaired) electrons. The molecule has 2 aromatic heterocycles. The Hall–Kier alpha value is -1.88. The van der Waals surface area contributed by atoms with Gasteiger partial charge in [0.1, 0.15) is 11.3 Å². The molecular formula is C14H15N3O2. The monoisotopic (exact) mass is 257 g/mol. The molecule has 5 heteroatoms. The number of anilines is 1. The van der Waals surface area contributed by atoms with Gasteiger partial charge >= 0.3 is 0 Å². The van der Waals surface area contributed by atoms with Crippen molar-refractivity contribution >= 4 is 17.8 Å². The summed E-state index contributed by atoms with van der Waals surface area (Å²) in [6.07, 6.45) is 5.60. The van der Waals surface area contributed by atoms with Gasteiger partial charge in [0.25, 0.3) is 0 Å². The first-order chi connectivity index (χ1) is 9.35. The lowest BCUT2D eigenvalue weighted by Gasteiger charge is -2.32. The largest absolute Gasteiger partial charge is 0.371 e. The smallest absolute Gasteiger partial charge is 0.170 e. The van der Waals surface area contributed by atoms with Crippen LogP contribution in [0.25, 0.3) is 5.65 Å². The van der Waals surface area contributed by atoms with E-state index in [2.05, 4.69) is 9.88 Å². The molecule has 4 rings (SSSR count). The molecule has 2 unspecified atom stereocenters. The summed E-state index contributed by atoms with van der Waals surface area (Å²) >= 11 is 0. The Balaban J connectivity index is 1.80. The molecule has 2 atom stereocenters. The highest BCUT2D eigenvalue weighted by Crippen LogP contribution is 2.30. The third kappa shape index (κ3) is 1.65. The molecule has 0 saturated carbocycles. The number of fused-ring (bicyclic) bond motifs is 3. The maximum atomic E-state index is 11.4. The molecule has 0 N–H and O–H groups in total. The van der Waals surface area contributed by atoms with Gasteiger partial charge in [-0.1, -0.05) is 6.07 Å². The van der Waals surface area contributed by atoms with Crippen molar-refractivity contribution in [1.29, 1.82) is 0 Å². The number of morpholine rings is 1. The summed E-state index contributed by atoms with van der Waals surface area (Å²) in [6, 6.07) is 5.77. The molecule has 98 valence electrons. The molecule has 2 bridgehead atoms. The van der Waals surface area contributed by atoms with Crippen molar-refractivity contribution in [2.75, 3.05) is 18.0 Å². The second-order valence-corrected chi connectivity index (χ2v) is 5.23. The molecule has 0 spiro atoms. The molecule has 2 aliphatic heterocycles. The van der Waals surface area contributed by atoms with Crippen molar-refractivity contribution in [2.24, 2.45) is 0 Å². The van der Waals surface area contributed by atoms with E-state index in [1.165, 1.54) is 0 Å². The topological polar surface area (TPSA) is 46.8 Å². The fraction of sp³-hybridized carbons (Fsp3) is 0.429. The number of hydrogen-bond acceptors (Lipinski definition) is 4. The summed E-state index contributed by atoms with van der Waals surface area (Å²) < 4.78 is 7.68. The van der Waals surface area contributed by atoms with Gasteiger partial charge in [0.2, 0.25) is 0 Å². The van der Waals surface area contributed by atoms with E-state index in [1.54, 1.807) is 0 Å². The van der Waals surface area contributed by atoms with Gasteiger partial charge in [0.15, 0.2) is 12.1 Å². The Bertz CT molecular complexity index is 625. The van der Waals surface area contributed by atoms with Crippen molar-refractivity contribution < 1.29 is 9.53 Å². The minimum atomic E-state index is 0.295. The lowest BCUT2D eigenvalue weighted by atomic mass is 10.2. The fourth-order valence-corrected chi connectivity index (χ4v) is 3.13. The lowest BCUT2D eigenvalue weighted by Crippen LogP contribution is -2.43. The number of ether oxygens (including phenoxy) is 1. The summed E-state index contributed by atoms with van der Waals surface area (Å²) in [7, 11) is 0. The van der Waals surface area contributed by atoms with Crippen LogP contribution in [0.5, 0.6) is 0 Å². The van der Waals surface area contributed by atoms with Gasteiger partial charge in [0.05, 0.1) is 12.2 Å². The van der Waals surface area contributed by atoms with Crippen LogP contribution < -0.4 is 4.90 Å². The summed E-state index contributed by atoms with van der Waals surface area (Å²) in [6.45, 7) is 1.67. The summed E-state index contributed by atoms with van der Waals surface area (Å²) in [5.41, 5.74) is 1.45. The summed E-state index contributed by atoms with van der Waals surface area (Å²) in [5.74, 6) is 0.793. The van der Waals surface area contributed by atoms with Crippen molar-refractivity contribution in [2.45, 2.75) is 25.0 Å². The summed E-state index contributed by atoms with van der Waals surface area (Å²) in [4.78, 5) is 18.2. The van der Waals surface area contributed by atoms with Gasteiger partial charge in [0, 0.05) is 19.3 Å². The standard InChI is InChI=1S/C14H15N3O2/c18-9-12-14(15-13-3-1-2-6-17(12)13)16-7-10-4-5-11(8-16)19-10/h1-3,6,9-11H,4-5,7-8H2. The number of aromatic nitrogens is 2. The van der Waals surface area contributed by atoms with Crippen molar-refractivity contribution in [3.05, 3.63) is 30.1 Å². The van der Waals surface area contributed by atoms with Crippen LogP contribution in [0, 0.1) is 0 Å². The van der Waals surface area contributed by atoms with Gasteiger partial charge in [-0.05, 0) is 25.0 Å². The number of nitrogens with zero attached hydrogens (tertiary/aromatic N) is 3. The first kappa shape index (κ1) is 11.0. The number of imidazole rings is 1. The van der Waals surface area contributed by atoms with Crippen LogP contribution >= 0.6 is 0 Å². The number of hydrogen-bond donors (Lipinski definition) is 0. The van der Waals surface area contributed by atoms with E-state index in [-0.39, 0.29) is 0 Å². The van der Waals surface area contributed by atoms with Crippen LogP contribution in [0.15, 0.2) is 24.4 Å². The molecule has 2 fully saturated rings. The Labute approximate surface area is 110 Å². The third-order valence-electron chi connectivity index (χ3n) is 4.00. The average molecular weight is 257 g/mol. The Morgan fingerprint density at radius 3 is 2.79 bits per heavy atom. The second-order valence-electron chi connectivity index (χ2n) is 5.23. The molecule has 0 aliphatic carbocycles. The molecule has 0 aromatic carbocycles. The van der Waals surface area contributed by atoms with Crippen LogP contribution in [0.4, 0.5) is 5.82 Å². The zero-order valence-electron chi connectivity index (χ0n) is 10.5. The average Bonchev–Trinajstić information content (AvgIpc) is 2.98. The van der Waals surface area contributed by atoms with E-state index in [1.807, 2.05) is 28.8 Å². The maximum absolute atomic E-state index is 11.4. The lowest BCUT2D eigenvalue weighted by molar-refractivity contribution is 0.0302. The Morgan fingerprint density at radius 1 is 1.26 bits per heavy atom. The number of rotatable bonds is 2. The van der Waals surface area contributed by atoms with Gasteiger partial charge in [-0.2, -0.15) is 0 Å². The fourth-order valence-electron chi connectivity index (χ4n) is 3.13. The number of carbonyl (C=O) groups excluding carboxylic acids is 1. The highest BCUT2D eigenvalue weighted by Gasteiger charge is 2.35. The SMILES string of the molecule is O=Cc1c(N2CC3CCC(C2)O3)nc2ccccn12. The molecule has 0 amide bonds. The van der Waals surface area contributed by atoms with Crippen LogP contribution in [0.3, 0.4) is 0 Å². The van der Waals surface area contributed by atoms with E-state index in [0.29, 0.717) is 17.9 Å². The molecule has 2 saturated heterocycles. The number of carbonyl (C=O) groups is 1. The molecule has 5 nitrogen and oxygen atoms in total. The highest BCUT2D eigenvalue weighted by molar-refractivity contribution is 5.83. The normalized spacial score (nSPS) is 26.0. The molecule has 2 aliphatic rings. The second kappa shape index (κ2) is 4.06. The number of aldehydes is 1. The third-order valence-corrected chi connectivity index (χ3v) is 4.00. The molecule has 2 aromatic rings. The van der Waals surface area contributed by atoms with Crippen LogP contribution in [-0.4, -0.2) is 41.0 Å². The predicted octanol–water partition coefficient (Wildman–Crippen LogP) is 1.51. The van der Waals surface area contributed by atoms with E-state index in [4.69, 9.17) is 4.74 Å². The first-order valence-corrected chi connectivity index (χ1v) is 6.68. The van der Waals surface area contributed by atoms with Gasteiger partial charge in [-0.25, -0.2) is 4.98 Å². The van der Waals surface area contributed by atoms with Crippen molar-refractivity contribution in [3.8, 4) is 0 Å². The van der Waals surface area contributed by atoms with Gasteiger partial charge in [-0.3, -0.25) is 9.20 Å². The Kier molecular flexibility index (Phi) is 2.35. The van der Waals surface area contributed by atoms with Crippen LogP contribution in [0.1, 0.15) is 23.3 Å². The van der Waals surface area contributed by atoms with Crippen LogP contribution in [-0.2, 0) is 4.74 Å². The van der Waals surface area contributed by atoms with E-state index in [0.717, 1.165) is 43.7 Å². The minimum Gasteiger partial charge on any atom is -0.371 e. The zero-order valence-corrected chi connectivity index (χ0v) is 10.5. The van der Waals surface area contributed by atoms with Gasteiger partial charge < -0.3 is 9.64 Å². The van der Waals surface area contributed by atoms with E-state index < -0.39 is 0 Å². The molecule has 19 heavy (non-hydrogen) atoms. The summed E-state index contributed by atoms with van der Waals surface area (Å²) in [5, 5.41) is 0. The van der Waals surface area contributed by atoms with Crippen molar-refractivity contribution in [1.82, 2.24) is 9.38 Å². The minimum absolute atomic E-state index is 0.295.